The highest BCUT2D eigenvalue weighted by Crippen LogP contribution is 2.38. The standard InChI is InChI=1S/C29H38N2O4/c1-8-20(18(2)16-32)17-35-23-11-12-24-25(15-23)29(4,5)19(3)30-26-13-22(28(34)31(6)7)10-9-21(26)14-27(24)33/h9-13,15,18,20,30,32H,3,8,14,16-17H2,1-2,4-7H3. The van der Waals surface area contributed by atoms with Gasteiger partial charge in [0.05, 0.1) is 6.61 Å². The van der Waals surface area contributed by atoms with Crippen molar-refractivity contribution in [2.45, 2.75) is 46.0 Å². The molecule has 188 valence electrons. The van der Waals surface area contributed by atoms with Crippen molar-refractivity contribution < 1.29 is 19.4 Å². The largest absolute Gasteiger partial charge is 0.493 e. The molecule has 2 N–H and O–H groups in total. The molecule has 2 atom stereocenters. The number of benzene rings is 2. The molecular formula is C29H38N2O4. The van der Waals surface area contributed by atoms with Gasteiger partial charge in [-0.15, -0.1) is 0 Å². The van der Waals surface area contributed by atoms with Crippen molar-refractivity contribution in [2.24, 2.45) is 11.8 Å². The van der Waals surface area contributed by atoms with Gasteiger partial charge in [0.2, 0.25) is 0 Å². The lowest BCUT2D eigenvalue weighted by Gasteiger charge is -2.31. The third-order valence-electron chi connectivity index (χ3n) is 7.20. The van der Waals surface area contributed by atoms with E-state index in [1.165, 1.54) is 4.90 Å². The number of hydrogen-bond donors (Lipinski definition) is 2. The molecular weight excluding hydrogens is 440 g/mol. The number of allylic oxidation sites excluding steroid dienone is 1. The number of carbonyl (C=O) groups excluding carboxylic acids is 2. The Morgan fingerprint density at radius 2 is 1.94 bits per heavy atom. The SMILES string of the molecule is C=C1Nc2cc(C(=O)N(C)C)ccc2CC(=O)c2ccc(OCC(CC)C(C)CO)cc2C1(C)C. The minimum atomic E-state index is -0.587. The average Bonchev–Trinajstić information content (AvgIpc) is 2.86. The number of fused-ring (bicyclic) bond motifs is 2. The maximum Gasteiger partial charge on any atom is 0.253 e. The molecule has 0 radical (unpaired) electrons. The maximum atomic E-state index is 13.4. The summed E-state index contributed by atoms with van der Waals surface area (Å²) in [5, 5.41) is 12.9. The predicted octanol–water partition coefficient (Wildman–Crippen LogP) is 5.06. The van der Waals surface area contributed by atoms with Gasteiger partial charge in [0.1, 0.15) is 5.75 Å². The number of nitrogens with zero attached hydrogens (tertiary/aromatic N) is 1. The van der Waals surface area contributed by atoms with Crippen LogP contribution < -0.4 is 10.1 Å². The molecule has 0 saturated carbocycles. The van der Waals surface area contributed by atoms with Crippen LogP contribution in [0.3, 0.4) is 0 Å². The van der Waals surface area contributed by atoms with Gasteiger partial charge in [-0.2, -0.15) is 0 Å². The molecule has 1 heterocycles. The molecule has 6 heteroatoms. The quantitative estimate of drug-likeness (QED) is 0.581. The van der Waals surface area contributed by atoms with E-state index in [1.54, 1.807) is 26.2 Å². The van der Waals surface area contributed by atoms with Gasteiger partial charge in [-0.3, -0.25) is 9.59 Å². The van der Waals surface area contributed by atoms with Gasteiger partial charge in [0.15, 0.2) is 5.78 Å². The molecule has 1 aliphatic heterocycles. The topological polar surface area (TPSA) is 78.9 Å². The second-order valence-corrected chi connectivity index (χ2v) is 10.2. The lowest BCUT2D eigenvalue weighted by atomic mass is 9.78. The van der Waals surface area contributed by atoms with Gasteiger partial charge in [-0.25, -0.2) is 0 Å². The number of aliphatic hydroxyl groups is 1. The number of nitrogens with one attached hydrogen (secondary N) is 1. The zero-order chi connectivity index (χ0) is 25.9. The molecule has 0 saturated heterocycles. The number of anilines is 1. The van der Waals surface area contributed by atoms with Gasteiger partial charge < -0.3 is 20.1 Å². The maximum absolute atomic E-state index is 13.4. The fraction of sp³-hybridized carbons (Fsp3) is 0.448. The Balaban J connectivity index is 1.98. The number of aliphatic hydroxyl groups excluding tert-OH is 1. The van der Waals surface area contributed by atoms with Gasteiger partial charge in [-0.1, -0.05) is 40.3 Å². The molecule has 1 amide bonds. The van der Waals surface area contributed by atoms with Gasteiger partial charge in [0.25, 0.3) is 5.91 Å². The van der Waals surface area contributed by atoms with E-state index in [9.17, 15) is 14.7 Å². The zero-order valence-corrected chi connectivity index (χ0v) is 21.8. The van der Waals surface area contributed by atoms with Crippen LogP contribution in [0.25, 0.3) is 0 Å². The third-order valence-corrected chi connectivity index (χ3v) is 7.20. The number of ketones is 1. The molecule has 0 fully saturated rings. The molecule has 0 bridgehead atoms. The van der Waals surface area contributed by atoms with E-state index in [-0.39, 0.29) is 36.6 Å². The number of rotatable bonds is 7. The summed E-state index contributed by atoms with van der Waals surface area (Å²) in [6, 6.07) is 11.0. The fourth-order valence-corrected chi connectivity index (χ4v) is 4.40. The van der Waals surface area contributed by atoms with Crippen LogP contribution >= 0.6 is 0 Å². The molecule has 2 aromatic rings. The summed E-state index contributed by atoms with van der Waals surface area (Å²) in [6.45, 7) is 13.1. The van der Waals surface area contributed by atoms with Crippen molar-refractivity contribution >= 4 is 17.4 Å². The third kappa shape index (κ3) is 5.59. The first-order valence-electron chi connectivity index (χ1n) is 12.2. The van der Waals surface area contributed by atoms with Crippen LogP contribution in [0.2, 0.25) is 0 Å². The Morgan fingerprint density at radius 3 is 2.57 bits per heavy atom. The van der Waals surface area contributed by atoms with E-state index in [0.717, 1.165) is 28.9 Å². The molecule has 0 aromatic heterocycles. The predicted molar refractivity (Wildman–Crippen MR) is 140 cm³/mol. The smallest absolute Gasteiger partial charge is 0.253 e. The molecule has 0 aliphatic carbocycles. The summed E-state index contributed by atoms with van der Waals surface area (Å²) in [5.41, 5.74) is 3.71. The molecule has 2 aromatic carbocycles. The van der Waals surface area contributed by atoms with Crippen LogP contribution in [-0.2, 0) is 11.8 Å². The van der Waals surface area contributed by atoms with Crippen molar-refractivity contribution in [2.75, 3.05) is 32.6 Å². The summed E-state index contributed by atoms with van der Waals surface area (Å²) >= 11 is 0. The Hall–Kier alpha value is -3.12. The number of Topliss-reactive ketones (excluding diaryl/α,β-unsaturated/α-hetero) is 1. The molecule has 35 heavy (non-hydrogen) atoms. The number of ether oxygens (including phenoxy) is 1. The Kier molecular flexibility index (Phi) is 8.06. The summed E-state index contributed by atoms with van der Waals surface area (Å²) < 4.78 is 6.13. The first kappa shape index (κ1) is 26.5. The first-order chi connectivity index (χ1) is 16.5. The van der Waals surface area contributed by atoms with Gasteiger partial charge in [0, 0.05) is 55.0 Å². The minimum absolute atomic E-state index is 0.00407. The van der Waals surface area contributed by atoms with E-state index in [1.807, 2.05) is 45.0 Å². The highest BCUT2D eigenvalue weighted by Gasteiger charge is 2.32. The van der Waals surface area contributed by atoms with Crippen LogP contribution in [-0.4, -0.2) is 49.0 Å². The lowest BCUT2D eigenvalue weighted by Crippen LogP contribution is -2.27. The summed E-state index contributed by atoms with van der Waals surface area (Å²) in [7, 11) is 3.43. The van der Waals surface area contributed by atoms with E-state index in [4.69, 9.17) is 4.74 Å². The van der Waals surface area contributed by atoms with Crippen LogP contribution in [0.1, 0.15) is 66.0 Å². The van der Waals surface area contributed by atoms with Crippen molar-refractivity contribution in [1.29, 1.82) is 0 Å². The lowest BCUT2D eigenvalue weighted by molar-refractivity contribution is 0.0827. The average molecular weight is 479 g/mol. The van der Waals surface area contributed by atoms with E-state index in [0.29, 0.717) is 23.5 Å². The Labute approximate surface area is 209 Å². The highest BCUT2D eigenvalue weighted by molar-refractivity contribution is 6.01. The van der Waals surface area contributed by atoms with Crippen molar-refractivity contribution in [3.8, 4) is 5.75 Å². The molecule has 6 nitrogen and oxygen atoms in total. The van der Waals surface area contributed by atoms with E-state index in [2.05, 4.69) is 18.8 Å². The van der Waals surface area contributed by atoms with Crippen LogP contribution in [0, 0.1) is 11.8 Å². The van der Waals surface area contributed by atoms with Crippen LogP contribution in [0.5, 0.6) is 5.75 Å². The second-order valence-electron chi connectivity index (χ2n) is 10.2. The van der Waals surface area contributed by atoms with Crippen LogP contribution in [0.4, 0.5) is 5.69 Å². The molecule has 3 rings (SSSR count). The monoisotopic (exact) mass is 478 g/mol. The summed E-state index contributed by atoms with van der Waals surface area (Å²) in [6.07, 6.45) is 1.12. The van der Waals surface area contributed by atoms with Gasteiger partial charge in [-0.05, 0) is 59.7 Å². The molecule has 2 unspecified atom stereocenters. The van der Waals surface area contributed by atoms with E-state index >= 15 is 0 Å². The molecule has 0 spiro atoms. The molecule has 1 aliphatic rings. The van der Waals surface area contributed by atoms with Gasteiger partial charge >= 0.3 is 0 Å². The minimum Gasteiger partial charge on any atom is -0.493 e. The summed E-state index contributed by atoms with van der Waals surface area (Å²) in [5.74, 6) is 0.986. The zero-order valence-electron chi connectivity index (χ0n) is 21.8. The van der Waals surface area contributed by atoms with E-state index < -0.39 is 5.41 Å². The number of hydrogen-bond acceptors (Lipinski definition) is 5. The van der Waals surface area contributed by atoms with Crippen molar-refractivity contribution in [3.63, 3.8) is 0 Å². The summed E-state index contributed by atoms with van der Waals surface area (Å²) in [4.78, 5) is 27.5. The second kappa shape index (κ2) is 10.6. The van der Waals surface area contributed by atoms with Crippen LogP contribution in [0.15, 0.2) is 48.7 Å². The number of carbonyl (C=O) groups is 2. The first-order valence-corrected chi connectivity index (χ1v) is 12.2. The number of amides is 1. The fourth-order valence-electron chi connectivity index (χ4n) is 4.40. The normalized spacial score (nSPS) is 16.5. The van der Waals surface area contributed by atoms with Crippen molar-refractivity contribution in [3.05, 3.63) is 70.9 Å². The van der Waals surface area contributed by atoms with Crippen molar-refractivity contribution in [1.82, 2.24) is 4.90 Å². The Morgan fingerprint density at radius 1 is 1.23 bits per heavy atom. The Bertz CT molecular complexity index is 1120. The highest BCUT2D eigenvalue weighted by atomic mass is 16.5.